The number of hydrogen-bond donors (Lipinski definition) is 0. The number of amides is 1. The van der Waals surface area contributed by atoms with E-state index in [4.69, 9.17) is 0 Å². The Hall–Kier alpha value is -2.75. The van der Waals surface area contributed by atoms with Gasteiger partial charge in [-0.1, -0.05) is 30.3 Å². The second kappa shape index (κ2) is 6.79. The van der Waals surface area contributed by atoms with Crippen LogP contribution in [0.4, 0.5) is 0 Å². The standard InChI is InChI=1S/C20H21N3O/c1-4-23(13-16-8-6-5-7-9-16)20(24)17-10-11-18-19(12-17)22-15(3)14(2)21-18/h5-12H,4,13H2,1-3H3. The van der Waals surface area contributed by atoms with Gasteiger partial charge in [0.2, 0.25) is 0 Å². The molecule has 0 aliphatic rings. The van der Waals surface area contributed by atoms with Crippen molar-refractivity contribution in [2.45, 2.75) is 27.3 Å². The number of fused-ring (bicyclic) bond motifs is 1. The molecule has 0 bridgehead atoms. The number of aryl methyl sites for hydroxylation is 2. The highest BCUT2D eigenvalue weighted by atomic mass is 16.2. The molecule has 122 valence electrons. The summed E-state index contributed by atoms with van der Waals surface area (Å²) >= 11 is 0. The summed E-state index contributed by atoms with van der Waals surface area (Å²) in [5.74, 6) is 0.0169. The molecule has 0 saturated carbocycles. The molecule has 3 aromatic rings. The highest BCUT2D eigenvalue weighted by Crippen LogP contribution is 2.17. The topological polar surface area (TPSA) is 46.1 Å². The average Bonchev–Trinajstić information content (AvgIpc) is 2.60. The van der Waals surface area contributed by atoms with Gasteiger partial charge in [-0.15, -0.1) is 0 Å². The van der Waals surface area contributed by atoms with Crippen LogP contribution in [0.15, 0.2) is 48.5 Å². The molecule has 1 aromatic heterocycles. The van der Waals surface area contributed by atoms with Crippen LogP contribution in [-0.4, -0.2) is 27.3 Å². The van der Waals surface area contributed by atoms with Crippen LogP contribution >= 0.6 is 0 Å². The maximum absolute atomic E-state index is 12.9. The Balaban J connectivity index is 1.90. The Morgan fingerprint density at radius 1 is 0.958 bits per heavy atom. The summed E-state index contributed by atoms with van der Waals surface area (Å²) in [7, 11) is 0. The van der Waals surface area contributed by atoms with Gasteiger partial charge in [0.1, 0.15) is 0 Å². The van der Waals surface area contributed by atoms with Crippen LogP contribution in [-0.2, 0) is 6.54 Å². The van der Waals surface area contributed by atoms with E-state index in [0.29, 0.717) is 18.7 Å². The van der Waals surface area contributed by atoms with E-state index < -0.39 is 0 Å². The van der Waals surface area contributed by atoms with E-state index in [1.165, 1.54) is 0 Å². The van der Waals surface area contributed by atoms with Crippen LogP contribution < -0.4 is 0 Å². The first-order chi connectivity index (χ1) is 11.6. The van der Waals surface area contributed by atoms with Gasteiger partial charge in [-0.3, -0.25) is 4.79 Å². The smallest absolute Gasteiger partial charge is 0.254 e. The number of carbonyl (C=O) groups is 1. The van der Waals surface area contributed by atoms with E-state index in [9.17, 15) is 4.79 Å². The van der Waals surface area contributed by atoms with Crippen molar-refractivity contribution < 1.29 is 4.79 Å². The molecule has 0 saturated heterocycles. The van der Waals surface area contributed by atoms with Crippen LogP contribution in [0.2, 0.25) is 0 Å². The van der Waals surface area contributed by atoms with Crippen LogP contribution in [0.25, 0.3) is 11.0 Å². The molecule has 4 heteroatoms. The summed E-state index contributed by atoms with van der Waals surface area (Å²) in [5, 5.41) is 0. The zero-order chi connectivity index (χ0) is 17.1. The van der Waals surface area contributed by atoms with Gasteiger partial charge in [0, 0.05) is 18.7 Å². The first kappa shape index (κ1) is 16.1. The van der Waals surface area contributed by atoms with E-state index in [-0.39, 0.29) is 5.91 Å². The number of carbonyl (C=O) groups excluding carboxylic acids is 1. The lowest BCUT2D eigenvalue weighted by molar-refractivity contribution is 0.0752. The second-order valence-electron chi connectivity index (χ2n) is 5.90. The first-order valence-electron chi connectivity index (χ1n) is 8.16. The Labute approximate surface area is 142 Å². The van der Waals surface area contributed by atoms with Gasteiger partial charge in [0.05, 0.1) is 22.4 Å². The lowest BCUT2D eigenvalue weighted by Gasteiger charge is -2.21. The molecule has 24 heavy (non-hydrogen) atoms. The lowest BCUT2D eigenvalue weighted by Crippen LogP contribution is -2.30. The maximum atomic E-state index is 12.9. The van der Waals surface area contributed by atoms with E-state index in [1.807, 2.05) is 74.2 Å². The predicted octanol–water partition coefficient (Wildman–Crippen LogP) is 3.91. The molecule has 2 aromatic carbocycles. The van der Waals surface area contributed by atoms with Crippen molar-refractivity contribution in [1.82, 2.24) is 14.9 Å². The second-order valence-corrected chi connectivity index (χ2v) is 5.90. The van der Waals surface area contributed by atoms with Crippen LogP contribution in [0.1, 0.15) is 34.2 Å². The summed E-state index contributed by atoms with van der Waals surface area (Å²) in [5.41, 5.74) is 5.17. The molecule has 0 radical (unpaired) electrons. The molecule has 0 spiro atoms. The van der Waals surface area contributed by atoms with Crippen LogP contribution in [0.5, 0.6) is 0 Å². The first-order valence-corrected chi connectivity index (χ1v) is 8.16. The zero-order valence-electron chi connectivity index (χ0n) is 14.3. The fourth-order valence-electron chi connectivity index (χ4n) is 2.68. The molecule has 1 amide bonds. The minimum atomic E-state index is 0.0169. The maximum Gasteiger partial charge on any atom is 0.254 e. The van der Waals surface area contributed by atoms with E-state index in [2.05, 4.69) is 9.97 Å². The summed E-state index contributed by atoms with van der Waals surface area (Å²) in [4.78, 5) is 23.8. The fraction of sp³-hybridized carbons (Fsp3) is 0.250. The van der Waals surface area contributed by atoms with Gasteiger partial charge in [0.15, 0.2) is 0 Å². The Morgan fingerprint density at radius 3 is 2.29 bits per heavy atom. The monoisotopic (exact) mass is 319 g/mol. The summed E-state index contributed by atoms with van der Waals surface area (Å²) in [6.45, 7) is 7.13. The Bertz CT molecular complexity index is 875. The van der Waals surface area contributed by atoms with Gasteiger partial charge >= 0.3 is 0 Å². The lowest BCUT2D eigenvalue weighted by atomic mass is 10.1. The Morgan fingerprint density at radius 2 is 1.62 bits per heavy atom. The van der Waals surface area contributed by atoms with Gasteiger partial charge < -0.3 is 4.90 Å². The zero-order valence-corrected chi connectivity index (χ0v) is 14.3. The summed E-state index contributed by atoms with van der Waals surface area (Å²) < 4.78 is 0. The third kappa shape index (κ3) is 3.27. The molecule has 1 heterocycles. The Kier molecular flexibility index (Phi) is 4.56. The molecule has 0 atom stereocenters. The average molecular weight is 319 g/mol. The normalized spacial score (nSPS) is 10.8. The van der Waals surface area contributed by atoms with Gasteiger partial charge in [0.25, 0.3) is 5.91 Å². The fourth-order valence-corrected chi connectivity index (χ4v) is 2.68. The molecule has 0 aliphatic carbocycles. The van der Waals surface area contributed by atoms with Crippen molar-refractivity contribution in [3.8, 4) is 0 Å². The van der Waals surface area contributed by atoms with E-state index in [0.717, 1.165) is 28.0 Å². The number of rotatable bonds is 4. The SMILES string of the molecule is CCN(Cc1ccccc1)C(=O)c1ccc2nc(C)c(C)nc2c1. The molecular formula is C20H21N3O. The van der Waals surface area contributed by atoms with Crippen molar-refractivity contribution in [2.24, 2.45) is 0 Å². The van der Waals surface area contributed by atoms with E-state index >= 15 is 0 Å². The molecule has 3 rings (SSSR count). The van der Waals surface area contributed by atoms with Crippen LogP contribution in [0.3, 0.4) is 0 Å². The minimum absolute atomic E-state index is 0.0169. The number of nitrogens with zero attached hydrogens (tertiary/aromatic N) is 3. The third-order valence-corrected chi connectivity index (χ3v) is 4.21. The van der Waals surface area contributed by atoms with Gasteiger partial charge in [-0.25, -0.2) is 9.97 Å². The summed E-state index contributed by atoms with van der Waals surface area (Å²) in [6.07, 6.45) is 0. The molecule has 0 unspecified atom stereocenters. The van der Waals surface area contributed by atoms with Crippen molar-refractivity contribution in [3.05, 3.63) is 71.0 Å². The quantitative estimate of drug-likeness (QED) is 0.732. The molecular weight excluding hydrogens is 298 g/mol. The van der Waals surface area contributed by atoms with Crippen molar-refractivity contribution in [3.63, 3.8) is 0 Å². The van der Waals surface area contributed by atoms with Crippen molar-refractivity contribution >= 4 is 16.9 Å². The number of benzene rings is 2. The molecule has 4 nitrogen and oxygen atoms in total. The van der Waals surface area contributed by atoms with Gasteiger partial charge in [-0.2, -0.15) is 0 Å². The molecule has 0 N–H and O–H groups in total. The predicted molar refractivity (Wildman–Crippen MR) is 95.9 cm³/mol. The van der Waals surface area contributed by atoms with Crippen LogP contribution in [0, 0.1) is 13.8 Å². The number of hydrogen-bond acceptors (Lipinski definition) is 3. The van der Waals surface area contributed by atoms with Crippen molar-refractivity contribution in [1.29, 1.82) is 0 Å². The minimum Gasteiger partial charge on any atom is -0.335 e. The highest BCUT2D eigenvalue weighted by Gasteiger charge is 2.15. The largest absolute Gasteiger partial charge is 0.335 e. The number of aromatic nitrogens is 2. The van der Waals surface area contributed by atoms with E-state index in [1.54, 1.807) is 0 Å². The summed E-state index contributed by atoms with van der Waals surface area (Å²) in [6, 6.07) is 15.6. The third-order valence-electron chi connectivity index (χ3n) is 4.21. The highest BCUT2D eigenvalue weighted by molar-refractivity contribution is 5.97. The van der Waals surface area contributed by atoms with Gasteiger partial charge in [-0.05, 0) is 44.5 Å². The van der Waals surface area contributed by atoms with Crippen molar-refractivity contribution in [2.75, 3.05) is 6.54 Å². The molecule has 0 fully saturated rings. The molecule has 0 aliphatic heterocycles.